The van der Waals surface area contributed by atoms with Crippen molar-refractivity contribution in [2.45, 2.75) is 32.4 Å². The van der Waals surface area contributed by atoms with Crippen molar-refractivity contribution in [3.8, 4) is 17.2 Å². The number of carbonyl (C=O) groups excluding carboxylic acids is 2. The van der Waals surface area contributed by atoms with Crippen LogP contribution in [-0.4, -0.2) is 74.1 Å². The molecule has 1 saturated heterocycles. The van der Waals surface area contributed by atoms with Crippen molar-refractivity contribution in [3.63, 3.8) is 0 Å². The number of methoxy groups -OCH3 is 2. The van der Waals surface area contributed by atoms with Crippen LogP contribution in [0.25, 0.3) is 5.76 Å². The molecule has 8 heteroatoms. The standard InChI is InChI=1S/C27H34N2O6/c1-17(2)35-19-10-8-18(9-11-19)25(30)23-24(21-16-20(33-5)12-13-22(21)34-6)29(27(32)26(23)31)15-7-14-28(3)4/h8-13,16-17,24,30H,7,14-15H2,1-6H3/b25-23+/t24-/m0/s1. The quantitative estimate of drug-likeness (QED) is 0.312. The highest BCUT2D eigenvalue weighted by Crippen LogP contribution is 2.44. The number of hydrogen-bond acceptors (Lipinski definition) is 7. The minimum Gasteiger partial charge on any atom is -0.507 e. The average Bonchev–Trinajstić information content (AvgIpc) is 3.08. The molecule has 0 spiro atoms. The minimum atomic E-state index is -0.825. The summed E-state index contributed by atoms with van der Waals surface area (Å²) in [6.07, 6.45) is 0.659. The van der Waals surface area contributed by atoms with Crippen LogP contribution in [0, 0.1) is 0 Å². The predicted molar refractivity (Wildman–Crippen MR) is 134 cm³/mol. The molecule has 1 heterocycles. The lowest BCUT2D eigenvalue weighted by Gasteiger charge is -2.27. The Labute approximate surface area is 206 Å². The summed E-state index contributed by atoms with van der Waals surface area (Å²) in [4.78, 5) is 29.9. The van der Waals surface area contributed by atoms with Crippen LogP contribution in [0.1, 0.15) is 37.4 Å². The Morgan fingerprint density at radius 3 is 2.26 bits per heavy atom. The zero-order chi connectivity index (χ0) is 25.7. The van der Waals surface area contributed by atoms with E-state index in [4.69, 9.17) is 14.2 Å². The number of benzene rings is 2. The van der Waals surface area contributed by atoms with Crippen LogP contribution in [0.2, 0.25) is 0 Å². The smallest absolute Gasteiger partial charge is 0.295 e. The van der Waals surface area contributed by atoms with Gasteiger partial charge in [-0.3, -0.25) is 9.59 Å². The molecule has 0 unspecified atom stereocenters. The maximum atomic E-state index is 13.3. The number of amides is 1. The fourth-order valence-electron chi connectivity index (χ4n) is 4.16. The van der Waals surface area contributed by atoms with E-state index in [9.17, 15) is 14.7 Å². The molecule has 8 nitrogen and oxygen atoms in total. The number of hydrogen-bond donors (Lipinski definition) is 1. The summed E-state index contributed by atoms with van der Waals surface area (Å²) < 4.78 is 16.6. The van der Waals surface area contributed by atoms with Crippen molar-refractivity contribution < 1.29 is 28.9 Å². The molecule has 0 radical (unpaired) electrons. The molecule has 2 aromatic rings. The van der Waals surface area contributed by atoms with E-state index in [1.807, 2.05) is 32.8 Å². The van der Waals surface area contributed by atoms with Crippen molar-refractivity contribution in [1.82, 2.24) is 9.80 Å². The van der Waals surface area contributed by atoms with Crippen molar-refractivity contribution in [1.29, 1.82) is 0 Å². The number of rotatable bonds is 10. The Hall–Kier alpha value is -3.52. The first kappa shape index (κ1) is 26.1. The summed E-state index contributed by atoms with van der Waals surface area (Å²) >= 11 is 0. The third kappa shape index (κ3) is 5.77. The highest BCUT2D eigenvalue weighted by molar-refractivity contribution is 6.46. The SMILES string of the molecule is COc1ccc(OC)c([C@H]2/C(=C(\O)c3ccc(OC(C)C)cc3)C(=O)C(=O)N2CCCN(C)C)c1. The first-order valence-corrected chi connectivity index (χ1v) is 11.6. The lowest BCUT2D eigenvalue weighted by Crippen LogP contribution is -2.32. The Balaban J connectivity index is 2.14. The van der Waals surface area contributed by atoms with Gasteiger partial charge in [-0.2, -0.15) is 0 Å². The highest BCUT2D eigenvalue weighted by Gasteiger charge is 2.47. The topological polar surface area (TPSA) is 88.5 Å². The van der Waals surface area contributed by atoms with Crippen molar-refractivity contribution in [2.75, 3.05) is 41.4 Å². The van der Waals surface area contributed by atoms with Gasteiger partial charge in [0.15, 0.2) is 0 Å². The number of aliphatic hydroxyl groups excluding tert-OH is 1. The van der Waals surface area contributed by atoms with Gasteiger partial charge in [0.25, 0.3) is 11.7 Å². The van der Waals surface area contributed by atoms with Gasteiger partial charge in [0, 0.05) is 17.7 Å². The van der Waals surface area contributed by atoms with E-state index in [1.165, 1.54) is 12.0 Å². The van der Waals surface area contributed by atoms with Gasteiger partial charge in [-0.25, -0.2) is 0 Å². The normalized spacial score (nSPS) is 17.4. The second-order valence-electron chi connectivity index (χ2n) is 8.95. The zero-order valence-corrected chi connectivity index (χ0v) is 21.2. The van der Waals surface area contributed by atoms with Gasteiger partial charge in [0.2, 0.25) is 0 Å². The van der Waals surface area contributed by atoms with E-state index in [0.717, 1.165) is 6.54 Å². The minimum absolute atomic E-state index is 0.00228. The van der Waals surface area contributed by atoms with Crippen molar-refractivity contribution in [2.24, 2.45) is 0 Å². The molecule has 1 aliphatic heterocycles. The lowest BCUT2D eigenvalue weighted by molar-refractivity contribution is -0.140. The largest absolute Gasteiger partial charge is 0.507 e. The van der Waals surface area contributed by atoms with Gasteiger partial charge in [-0.15, -0.1) is 0 Å². The third-order valence-electron chi connectivity index (χ3n) is 5.78. The van der Waals surface area contributed by atoms with Crippen LogP contribution >= 0.6 is 0 Å². The van der Waals surface area contributed by atoms with E-state index in [0.29, 0.717) is 41.3 Å². The molecule has 3 rings (SSSR count). The van der Waals surface area contributed by atoms with E-state index >= 15 is 0 Å². The zero-order valence-electron chi connectivity index (χ0n) is 21.2. The number of likely N-dealkylation sites (tertiary alicyclic amines) is 1. The average molecular weight is 483 g/mol. The van der Waals surface area contributed by atoms with Gasteiger partial charge in [0.1, 0.15) is 23.0 Å². The van der Waals surface area contributed by atoms with E-state index < -0.39 is 17.7 Å². The van der Waals surface area contributed by atoms with E-state index in [-0.39, 0.29) is 17.4 Å². The summed E-state index contributed by atoms with van der Waals surface area (Å²) in [5.74, 6) is 0.0533. The molecule has 0 aromatic heterocycles. The molecule has 188 valence electrons. The maximum absolute atomic E-state index is 13.3. The highest BCUT2D eigenvalue weighted by atomic mass is 16.5. The molecular weight excluding hydrogens is 448 g/mol. The van der Waals surface area contributed by atoms with Gasteiger partial charge in [0.05, 0.1) is 31.9 Å². The van der Waals surface area contributed by atoms with Gasteiger partial charge in [-0.05, 0) is 83.4 Å². The number of Topliss-reactive ketones (excluding diaryl/α,β-unsaturated/α-hetero) is 1. The van der Waals surface area contributed by atoms with Gasteiger partial charge >= 0.3 is 0 Å². The Morgan fingerprint density at radius 1 is 1.03 bits per heavy atom. The number of ether oxygens (including phenoxy) is 3. The van der Waals surface area contributed by atoms with Gasteiger partial charge in [-0.1, -0.05) is 0 Å². The molecule has 35 heavy (non-hydrogen) atoms. The van der Waals surface area contributed by atoms with Crippen LogP contribution in [0.4, 0.5) is 0 Å². The Kier molecular flexibility index (Phi) is 8.40. The molecule has 1 amide bonds. The second-order valence-corrected chi connectivity index (χ2v) is 8.95. The molecule has 1 N–H and O–H groups in total. The molecule has 1 atom stereocenters. The van der Waals surface area contributed by atoms with Crippen LogP contribution in [0.15, 0.2) is 48.0 Å². The maximum Gasteiger partial charge on any atom is 0.295 e. The van der Waals surface area contributed by atoms with Crippen LogP contribution in [-0.2, 0) is 9.59 Å². The monoisotopic (exact) mass is 482 g/mol. The predicted octanol–water partition coefficient (Wildman–Crippen LogP) is 3.86. The van der Waals surface area contributed by atoms with E-state index in [2.05, 4.69) is 0 Å². The third-order valence-corrected chi connectivity index (χ3v) is 5.78. The fourth-order valence-corrected chi connectivity index (χ4v) is 4.16. The Bertz CT molecular complexity index is 1090. The number of carbonyl (C=O) groups is 2. The van der Waals surface area contributed by atoms with Crippen molar-refractivity contribution in [3.05, 3.63) is 59.2 Å². The fraction of sp³-hybridized carbons (Fsp3) is 0.407. The summed E-state index contributed by atoms with van der Waals surface area (Å²) in [7, 11) is 6.96. The summed E-state index contributed by atoms with van der Waals surface area (Å²) in [6.45, 7) is 4.92. The van der Waals surface area contributed by atoms with Gasteiger partial charge < -0.3 is 29.1 Å². The van der Waals surface area contributed by atoms with Crippen molar-refractivity contribution >= 4 is 17.4 Å². The van der Waals surface area contributed by atoms with E-state index in [1.54, 1.807) is 49.6 Å². The summed E-state index contributed by atoms with van der Waals surface area (Å²) in [5, 5.41) is 11.3. The second kappa shape index (κ2) is 11.3. The number of nitrogens with zero attached hydrogens (tertiary/aromatic N) is 2. The summed E-state index contributed by atoms with van der Waals surface area (Å²) in [5.41, 5.74) is 1.00. The molecular formula is C27H34N2O6. The molecule has 1 aliphatic rings. The molecule has 0 aliphatic carbocycles. The Morgan fingerprint density at radius 2 is 1.69 bits per heavy atom. The van der Waals surface area contributed by atoms with Crippen LogP contribution in [0.3, 0.4) is 0 Å². The molecule has 0 bridgehead atoms. The van der Waals surface area contributed by atoms with Crippen LogP contribution < -0.4 is 14.2 Å². The molecule has 0 saturated carbocycles. The first-order chi connectivity index (χ1) is 16.7. The molecule has 1 fully saturated rings. The lowest BCUT2D eigenvalue weighted by atomic mass is 9.94. The first-order valence-electron chi connectivity index (χ1n) is 11.6. The number of aliphatic hydroxyl groups is 1. The number of ketones is 1. The van der Waals surface area contributed by atoms with Crippen LogP contribution in [0.5, 0.6) is 17.2 Å². The molecule has 2 aromatic carbocycles. The summed E-state index contributed by atoms with van der Waals surface area (Å²) in [6, 6.07) is 11.2.